The minimum atomic E-state index is 1.24. The minimum Gasteiger partial charge on any atom is -0.0616 e. The molecular weight excluding hydrogens is 504 g/mol. The lowest BCUT2D eigenvalue weighted by molar-refractivity contribution is 1.63. The maximum atomic E-state index is 2.36. The van der Waals surface area contributed by atoms with Crippen molar-refractivity contribution in [2.75, 3.05) is 0 Å². The van der Waals surface area contributed by atoms with E-state index in [2.05, 4.69) is 158 Å². The third-order valence-corrected chi connectivity index (χ3v) is 9.02. The molecule has 0 aliphatic heterocycles. The van der Waals surface area contributed by atoms with E-state index in [4.69, 9.17) is 0 Å². The average Bonchev–Trinajstić information content (AvgIpc) is 3.06. The second kappa shape index (κ2) is 9.03. The van der Waals surface area contributed by atoms with Crippen LogP contribution in [0.15, 0.2) is 158 Å². The molecule has 194 valence electrons. The number of benzene rings is 9. The highest BCUT2D eigenvalue weighted by Crippen LogP contribution is 2.44. The Bertz CT molecular complexity index is 2450. The largest absolute Gasteiger partial charge is 0.0616 e. The molecule has 9 aromatic carbocycles. The topological polar surface area (TPSA) is 0 Å². The van der Waals surface area contributed by atoms with Crippen LogP contribution in [-0.2, 0) is 0 Å². The standard InChI is InChI=1S/C42H26/c1-3-14-33-27(8-1)10-6-16-35(33)31-12-5-13-32(26-31)36-22-20-29-18-19-30-21-23-38(40-25-24-39(36)41(29)42(30)40)37-17-7-11-28-9-2-4-15-34(28)37/h1-26H. The van der Waals surface area contributed by atoms with Crippen LogP contribution >= 0.6 is 0 Å². The van der Waals surface area contributed by atoms with Gasteiger partial charge in [0.2, 0.25) is 0 Å². The zero-order valence-corrected chi connectivity index (χ0v) is 23.0. The SMILES string of the molecule is c1cc(-c2cccc3ccccc23)cc(-c2ccc3ccc4ccc(-c5cccc6ccccc56)c5ccc2c3c45)c1. The summed E-state index contributed by atoms with van der Waals surface area (Å²) in [4.78, 5) is 0. The van der Waals surface area contributed by atoms with Gasteiger partial charge < -0.3 is 0 Å². The molecule has 42 heavy (non-hydrogen) atoms. The van der Waals surface area contributed by atoms with Crippen LogP contribution in [0.1, 0.15) is 0 Å². The Hall–Kier alpha value is -5.46. The van der Waals surface area contributed by atoms with Gasteiger partial charge in [-0.3, -0.25) is 0 Å². The number of fused-ring (bicyclic) bond motifs is 2. The van der Waals surface area contributed by atoms with Crippen molar-refractivity contribution in [2.45, 2.75) is 0 Å². The summed E-state index contributed by atoms with van der Waals surface area (Å²) in [7, 11) is 0. The van der Waals surface area contributed by atoms with E-state index in [1.54, 1.807) is 0 Å². The van der Waals surface area contributed by atoms with Gasteiger partial charge >= 0.3 is 0 Å². The first-order chi connectivity index (χ1) is 20.8. The molecule has 0 aliphatic carbocycles. The van der Waals surface area contributed by atoms with Crippen LogP contribution in [0.2, 0.25) is 0 Å². The monoisotopic (exact) mass is 530 g/mol. The summed E-state index contributed by atoms with van der Waals surface area (Å²) >= 11 is 0. The molecule has 0 fully saturated rings. The van der Waals surface area contributed by atoms with Crippen molar-refractivity contribution in [1.82, 2.24) is 0 Å². The van der Waals surface area contributed by atoms with Gasteiger partial charge in [0.25, 0.3) is 0 Å². The molecule has 0 amide bonds. The van der Waals surface area contributed by atoms with E-state index in [1.807, 2.05) is 0 Å². The number of hydrogen-bond donors (Lipinski definition) is 0. The highest BCUT2D eigenvalue weighted by molar-refractivity contribution is 6.28. The third-order valence-electron chi connectivity index (χ3n) is 9.02. The Morgan fingerprint density at radius 1 is 0.238 bits per heavy atom. The van der Waals surface area contributed by atoms with E-state index in [-0.39, 0.29) is 0 Å². The second-order valence-electron chi connectivity index (χ2n) is 11.3. The molecular formula is C42H26. The lowest BCUT2D eigenvalue weighted by Crippen LogP contribution is -1.90. The zero-order valence-electron chi connectivity index (χ0n) is 23.0. The van der Waals surface area contributed by atoms with Gasteiger partial charge in [0, 0.05) is 0 Å². The van der Waals surface area contributed by atoms with E-state index in [0.717, 1.165) is 0 Å². The zero-order chi connectivity index (χ0) is 27.6. The average molecular weight is 531 g/mol. The molecule has 0 heteroatoms. The molecule has 0 radical (unpaired) electrons. The molecule has 0 atom stereocenters. The summed E-state index contributed by atoms with van der Waals surface area (Å²) in [5, 5.41) is 13.0. The first kappa shape index (κ1) is 23.3. The molecule has 0 heterocycles. The van der Waals surface area contributed by atoms with Gasteiger partial charge in [0.05, 0.1) is 0 Å². The van der Waals surface area contributed by atoms with Crippen molar-refractivity contribution in [3.05, 3.63) is 158 Å². The third kappa shape index (κ3) is 3.42. The Balaban J connectivity index is 1.29. The Labute approximate surface area is 244 Å². The molecule has 0 spiro atoms. The van der Waals surface area contributed by atoms with Crippen molar-refractivity contribution < 1.29 is 0 Å². The van der Waals surface area contributed by atoms with Gasteiger partial charge in [-0.05, 0) is 93.3 Å². The van der Waals surface area contributed by atoms with E-state index in [1.165, 1.54) is 87.2 Å². The fraction of sp³-hybridized carbons (Fsp3) is 0. The Morgan fingerprint density at radius 2 is 0.667 bits per heavy atom. The van der Waals surface area contributed by atoms with Crippen molar-refractivity contribution in [3.8, 4) is 33.4 Å². The van der Waals surface area contributed by atoms with Crippen LogP contribution in [0.5, 0.6) is 0 Å². The maximum absolute atomic E-state index is 2.36. The normalized spacial score (nSPS) is 11.8. The Kier molecular flexibility index (Phi) is 5.00. The number of hydrogen-bond acceptors (Lipinski definition) is 0. The van der Waals surface area contributed by atoms with Crippen molar-refractivity contribution in [2.24, 2.45) is 0 Å². The minimum absolute atomic E-state index is 1.24. The second-order valence-corrected chi connectivity index (χ2v) is 11.3. The van der Waals surface area contributed by atoms with Crippen molar-refractivity contribution in [3.63, 3.8) is 0 Å². The predicted molar refractivity (Wildman–Crippen MR) is 181 cm³/mol. The van der Waals surface area contributed by atoms with Gasteiger partial charge in [-0.1, -0.05) is 152 Å². The lowest BCUT2D eigenvalue weighted by Gasteiger charge is -2.17. The first-order valence-electron chi connectivity index (χ1n) is 14.6. The number of rotatable bonds is 3. The van der Waals surface area contributed by atoms with Gasteiger partial charge in [-0.15, -0.1) is 0 Å². The maximum Gasteiger partial charge on any atom is -0.00203 e. The van der Waals surface area contributed by atoms with Crippen molar-refractivity contribution >= 4 is 53.9 Å². The lowest BCUT2D eigenvalue weighted by atomic mass is 9.86. The van der Waals surface area contributed by atoms with E-state index in [0.29, 0.717) is 0 Å². The molecule has 9 rings (SSSR count). The summed E-state index contributed by atoms with van der Waals surface area (Å²) < 4.78 is 0. The van der Waals surface area contributed by atoms with Crippen LogP contribution in [0.3, 0.4) is 0 Å². The fourth-order valence-electron chi connectivity index (χ4n) is 7.08. The molecule has 0 aromatic heterocycles. The van der Waals surface area contributed by atoms with Crippen LogP contribution < -0.4 is 0 Å². The molecule has 0 saturated heterocycles. The van der Waals surface area contributed by atoms with Gasteiger partial charge in [0.15, 0.2) is 0 Å². The fourth-order valence-corrected chi connectivity index (χ4v) is 7.08. The highest BCUT2D eigenvalue weighted by atomic mass is 14.2. The highest BCUT2D eigenvalue weighted by Gasteiger charge is 2.16. The first-order valence-corrected chi connectivity index (χ1v) is 14.6. The van der Waals surface area contributed by atoms with Crippen LogP contribution in [-0.4, -0.2) is 0 Å². The van der Waals surface area contributed by atoms with E-state index in [9.17, 15) is 0 Å². The molecule has 9 aromatic rings. The van der Waals surface area contributed by atoms with E-state index >= 15 is 0 Å². The van der Waals surface area contributed by atoms with Gasteiger partial charge in [-0.25, -0.2) is 0 Å². The molecule has 0 bridgehead atoms. The van der Waals surface area contributed by atoms with Crippen LogP contribution in [0.25, 0.3) is 87.2 Å². The van der Waals surface area contributed by atoms with Crippen molar-refractivity contribution in [1.29, 1.82) is 0 Å². The summed E-state index contributed by atoms with van der Waals surface area (Å²) in [6.07, 6.45) is 0. The Morgan fingerprint density at radius 3 is 1.33 bits per heavy atom. The molecule has 0 aliphatic rings. The van der Waals surface area contributed by atoms with Gasteiger partial charge in [-0.2, -0.15) is 0 Å². The van der Waals surface area contributed by atoms with Crippen LogP contribution in [0, 0.1) is 0 Å². The molecule has 0 saturated carbocycles. The molecule has 0 unspecified atom stereocenters. The van der Waals surface area contributed by atoms with E-state index < -0.39 is 0 Å². The quantitative estimate of drug-likeness (QED) is 0.199. The van der Waals surface area contributed by atoms with Gasteiger partial charge in [0.1, 0.15) is 0 Å². The molecule has 0 nitrogen and oxygen atoms in total. The summed E-state index contributed by atoms with van der Waals surface area (Å²) in [6, 6.07) is 58.1. The summed E-state index contributed by atoms with van der Waals surface area (Å²) in [5.41, 5.74) is 7.61. The van der Waals surface area contributed by atoms with Crippen LogP contribution in [0.4, 0.5) is 0 Å². The summed E-state index contributed by atoms with van der Waals surface area (Å²) in [5.74, 6) is 0. The smallest absolute Gasteiger partial charge is 0.00203 e. The summed E-state index contributed by atoms with van der Waals surface area (Å²) in [6.45, 7) is 0. The molecule has 0 N–H and O–H groups in total. The predicted octanol–water partition coefficient (Wildman–Crippen LogP) is 11.9.